The molecule has 0 aliphatic rings. The van der Waals surface area contributed by atoms with Crippen molar-refractivity contribution < 1.29 is 9.53 Å². The zero-order chi connectivity index (χ0) is 18.2. The van der Waals surface area contributed by atoms with E-state index in [0.29, 0.717) is 11.4 Å². The lowest BCUT2D eigenvalue weighted by atomic mass is 10.2. The second-order valence-electron chi connectivity index (χ2n) is 5.32. The number of hydrogen-bond acceptors (Lipinski definition) is 6. The molecule has 1 aromatic heterocycles. The molecule has 130 valence electrons. The Kier molecular flexibility index (Phi) is 5.51. The summed E-state index contributed by atoms with van der Waals surface area (Å²) in [6, 6.07) is 21.9. The van der Waals surface area contributed by atoms with Gasteiger partial charge in [0, 0.05) is 0 Å². The van der Waals surface area contributed by atoms with Crippen LogP contribution in [-0.2, 0) is 11.3 Å². The number of azo groups is 1. The largest absolute Gasteiger partial charge is 0.444 e. The van der Waals surface area contributed by atoms with Gasteiger partial charge < -0.3 is 10.5 Å². The summed E-state index contributed by atoms with van der Waals surface area (Å²) < 4.78 is 5.13. The summed E-state index contributed by atoms with van der Waals surface area (Å²) in [6.45, 7) is 0.172. The van der Waals surface area contributed by atoms with Crippen LogP contribution in [0.3, 0.4) is 0 Å². The minimum absolute atomic E-state index is 0.158. The Hall–Kier alpha value is -3.74. The summed E-state index contributed by atoms with van der Waals surface area (Å²) in [7, 11) is 0. The van der Waals surface area contributed by atoms with Crippen LogP contribution in [0.5, 0.6) is 0 Å². The van der Waals surface area contributed by atoms with Gasteiger partial charge in [-0.1, -0.05) is 48.5 Å². The van der Waals surface area contributed by atoms with Gasteiger partial charge in [0.15, 0.2) is 5.82 Å². The predicted octanol–water partition coefficient (Wildman–Crippen LogP) is 4.83. The van der Waals surface area contributed by atoms with Gasteiger partial charge in [0.1, 0.15) is 18.1 Å². The topological polar surface area (TPSA) is 102 Å². The molecular weight excluding hydrogens is 330 g/mol. The number of carbonyl (C=O) groups is 1. The van der Waals surface area contributed by atoms with Gasteiger partial charge in [-0.3, -0.25) is 5.32 Å². The quantitative estimate of drug-likeness (QED) is 0.645. The minimum Gasteiger partial charge on any atom is -0.444 e. The number of rotatable bonds is 5. The molecule has 0 atom stereocenters. The third-order valence-electron chi connectivity index (χ3n) is 3.37. The van der Waals surface area contributed by atoms with Crippen LogP contribution in [0.15, 0.2) is 83.0 Å². The van der Waals surface area contributed by atoms with Gasteiger partial charge in [-0.05, 0) is 29.8 Å². The number of nitrogens with two attached hydrogens (primary N) is 1. The molecule has 0 bridgehead atoms. The molecule has 7 nitrogen and oxygen atoms in total. The number of pyridine rings is 1. The van der Waals surface area contributed by atoms with E-state index < -0.39 is 6.09 Å². The first-order valence-corrected chi connectivity index (χ1v) is 7.92. The number of nitrogens with zero attached hydrogens (tertiary/aromatic N) is 3. The lowest BCUT2D eigenvalue weighted by Crippen LogP contribution is -2.14. The third kappa shape index (κ3) is 4.88. The standard InChI is InChI=1S/C19H17N5O2/c20-18-16(24-23-15-9-5-2-6-10-15)11-12-17(21-18)22-19(25)26-13-14-7-3-1-4-8-14/h1-12H,13H2,(H3,20,21,22,25). The first-order chi connectivity index (χ1) is 12.7. The monoisotopic (exact) mass is 347 g/mol. The van der Waals surface area contributed by atoms with E-state index in [1.165, 1.54) is 0 Å². The van der Waals surface area contributed by atoms with Crippen molar-refractivity contribution in [2.75, 3.05) is 11.1 Å². The number of nitrogens with one attached hydrogen (secondary N) is 1. The average molecular weight is 347 g/mol. The van der Waals surface area contributed by atoms with E-state index >= 15 is 0 Å². The van der Waals surface area contributed by atoms with Crippen molar-refractivity contribution in [3.05, 3.63) is 78.4 Å². The van der Waals surface area contributed by atoms with E-state index in [2.05, 4.69) is 20.5 Å². The first-order valence-electron chi connectivity index (χ1n) is 7.92. The van der Waals surface area contributed by atoms with Crippen LogP contribution >= 0.6 is 0 Å². The highest BCUT2D eigenvalue weighted by molar-refractivity contribution is 5.84. The number of benzene rings is 2. The van der Waals surface area contributed by atoms with E-state index in [1.807, 2.05) is 60.7 Å². The Labute approximate surface area is 150 Å². The summed E-state index contributed by atoms with van der Waals surface area (Å²) in [5, 5.41) is 10.7. The SMILES string of the molecule is Nc1nc(NC(=O)OCc2ccccc2)ccc1N=Nc1ccccc1. The molecule has 1 amide bonds. The Bertz CT molecular complexity index is 898. The molecule has 0 spiro atoms. The van der Waals surface area contributed by atoms with Crippen LogP contribution in [0.2, 0.25) is 0 Å². The normalized spacial score (nSPS) is 10.6. The molecule has 26 heavy (non-hydrogen) atoms. The molecule has 3 aromatic rings. The van der Waals surface area contributed by atoms with Gasteiger partial charge in [0.25, 0.3) is 0 Å². The van der Waals surface area contributed by atoms with Crippen molar-refractivity contribution in [1.82, 2.24) is 4.98 Å². The average Bonchev–Trinajstić information content (AvgIpc) is 2.67. The fourth-order valence-electron chi connectivity index (χ4n) is 2.09. The Morgan fingerprint density at radius 1 is 0.962 bits per heavy atom. The molecule has 0 fully saturated rings. The van der Waals surface area contributed by atoms with Gasteiger partial charge in [0.2, 0.25) is 0 Å². The van der Waals surface area contributed by atoms with Crippen molar-refractivity contribution in [3.63, 3.8) is 0 Å². The van der Waals surface area contributed by atoms with Crippen LogP contribution in [-0.4, -0.2) is 11.1 Å². The number of nitrogen functional groups attached to an aromatic ring is 1. The third-order valence-corrected chi connectivity index (χ3v) is 3.37. The maximum absolute atomic E-state index is 11.8. The van der Waals surface area contributed by atoms with Gasteiger partial charge in [-0.2, -0.15) is 5.11 Å². The van der Waals surface area contributed by atoms with Crippen LogP contribution in [0.25, 0.3) is 0 Å². The number of hydrogen-bond donors (Lipinski definition) is 2. The molecule has 2 aromatic carbocycles. The molecule has 0 aliphatic carbocycles. The number of ether oxygens (including phenoxy) is 1. The molecule has 0 radical (unpaired) electrons. The maximum atomic E-state index is 11.8. The zero-order valence-electron chi connectivity index (χ0n) is 13.9. The first kappa shape index (κ1) is 17.1. The second-order valence-corrected chi connectivity index (χ2v) is 5.32. The van der Waals surface area contributed by atoms with E-state index in [-0.39, 0.29) is 18.2 Å². The summed E-state index contributed by atoms with van der Waals surface area (Å²) in [5.41, 5.74) is 7.89. The fourth-order valence-corrected chi connectivity index (χ4v) is 2.09. The molecule has 0 saturated carbocycles. The summed E-state index contributed by atoms with van der Waals surface area (Å²) in [4.78, 5) is 15.9. The van der Waals surface area contributed by atoms with E-state index in [9.17, 15) is 4.79 Å². The molecule has 0 aliphatic heterocycles. The Morgan fingerprint density at radius 3 is 2.35 bits per heavy atom. The molecule has 1 heterocycles. The summed E-state index contributed by atoms with van der Waals surface area (Å²) >= 11 is 0. The number of anilines is 2. The van der Waals surface area contributed by atoms with Gasteiger partial charge >= 0.3 is 6.09 Å². The maximum Gasteiger partial charge on any atom is 0.413 e. The summed E-state index contributed by atoms with van der Waals surface area (Å²) in [6.07, 6.45) is -0.612. The van der Waals surface area contributed by atoms with E-state index in [4.69, 9.17) is 10.5 Å². The molecule has 0 saturated heterocycles. The van der Waals surface area contributed by atoms with E-state index in [0.717, 1.165) is 5.56 Å². The minimum atomic E-state index is -0.612. The Morgan fingerprint density at radius 2 is 1.65 bits per heavy atom. The highest BCUT2D eigenvalue weighted by Gasteiger charge is 2.07. The molecule has 3 rings (SSSR count). The number of carbonyl (C=O) groups excluding carboxylic acids is 1. The lowest BCUT2D eigenvalue weighted by molar-refractivity contribution is 0.155. The van der Waals surface area contributed by atoms with Crippen molar-refractivity contribution in [2.24, 2.45) is 10.2 Å². The molecule has 0 unspecified atom stereocenters. The van der Waals surface area contributed by atoms with Gasteiger partial charge in [0.05, 0.1) is 5.69 Å². The van der Waals surface area contributed by atoms with Gasteiger partial charge in [-0.15, -0.1) is 5.11 Å². The van der Waals surface area contributed by atoms with Crippen LogP contribution in [0, 0.1) is 0 Å². The zero-order valence-corrected chi connectivity index (χ0v) is 13.9. The second kappa shape index (κ2) is 8.39. The van der Waals surface area contributed by atoms with Crippen molar-refractivity contribution in [2.45, 2.75) is 6.61 Å². The molecule has 3 N–H and O–H groups in total. The molecule has 7 heteroatoms. The summed E-state index contributed by atoms with van der Waals surface area (Å²) in [5.74, 6) is 0.435. The van der Waals surface area contributed by atoms with Gasteiger partial charge in [-0.25, -0.2) is 9.78 Å². The van der Waals surface area contributed by atoms with Crippen LogP contribution in [0.1, 0.15) is 5.56 Å². The van der Waals surface area contributed by atoms with Crippen LogP contribution in [0.4, 0.5) is 27.8 Å². The number of aromatic nitrogens is 1. The van der Waals surface area contributed by atoms with Crippen molar-refractivity contribution >= 4 is 29.1 Å². The molecular formula is C19H17N5O2. The number of amides is 1. The fraction of sp³-hybridized carbons (Fsp3) is 0.0526. The lowest BCUT2D eigenvalue weighted by Gasteiger charge is -2.07. The van der Waals surface area contributed by atoms with E-state index in [1.54, 1.807) is 12.1 Å². The smallest absolute Gasteiger partial charge is 0.413 e. The van der Waals surface area contributed by atoms with Crippen molar-refractivity contribution in [1.29, 1.82) is 0 Å². The highest BCUT2D eigenvalue weighted by Crippen LogP contribution is 2.24. The highest BCUT2D eigenvalue weighted by atomic mass is 16.5. The van der Waals surface area contributed by atoms with Crippen molar-refractivity contribution in [3.8, 4) is 0 Å². The predicted molar refractivity (Wildman–Crippen MR) is 99.5 cm³/mol. The Balaban J connectivity index is 1.58. The van der Waals surface area contributed by atoms with Crippen LogP contribution < -0.4 is 11.1 Å².